The fourth-order valence-electron chi connectivity index (χ4n) is 3.72. The number of rotatable bonds is 2. The van der Waals surface area contributed by atoms with Crippen LogP contribution in [0.5, 0.6) is 0 Å². The molecule has 2 heterocycles. The first-order valence-electron chi connectivity index (χ1n) is 7.74. The molecule has 1 aromatic carbocycles. The van der Waals surface area contributed by atoms with Gasteiger partial charge in [-0.3, -0.25) is 0 Å². The lowest BCUT2D eigenvalue weighted by Crippen LogP contribution is -2.55. The minimum atomic E-state index is -0.709. The summed E-state index contributed by atoms with van der Waals surface area (Å²) in [6, 6.07) is 8.53. The van der Waals surface area contributed by atoms with Gasteiger partial charge in [0.2, 0.25) is 0 Å². The fraction of sp³-hybridized carbons (Fsp3) is 0.647. The number of hydrogen-bond acceptors (Lipinski definition) is 3. The molecule has 1 saturated heterocycles. The summed E-state index contributed by atoms with van der Waals surface area (Å²) in [4.78, 5) is 0. The van der Waals surface area contributed by atoms with Crippen molar-refractivity contribution in [3.8, 4) is 0 Å². The molecule has 0 saturated carbocycles. The van der Waals surface area contributed by atoms with Crippen molar-refractivity contribution in [2.45, 2.75) is 56.8 Å². The van der Waals surface area contributed by atoms with Crippen molar-refractivity contribution in [3.63, 3.8) is 0 Å². The van der Waals surface area contributed by atoms with Gasteiger partial charge in [-0.15, -0.1) is 0 Å². The van der Waals surface area contributed by atoms with Gasteiger partial charge in [-0.2, -0.15) is 0 Å². The van der Waals surface area contributed by atoms with Gasteiger partial charge in [0.05, 0.1) is 23.9 Å². The second-order valence-corrected chi connectivity index (χ2v) is 6.52. The zero-order valence-electron chi connectivity index (χ0n) is 12.5. The predicted molar refractivity (Wildman–Crippen MR) is 79.7 cm³/mol. The van der Waals surface area contributed by atoms with Gasteiger partial charge < -0.3 is 15.2 Å². The summed E-state index contributed by atoms with van der Waals surface area (Å²) in [5, 5.41) is 14.8. The molecule has 1 aromatic rings. The van der Waals surface area contributed by atoms with E-state index in [0.717, 1.165) is 19.4 Å². The van der Waals surface area contributed by atoms with Crippen LogP contribution >= 0.6 is 0 Å². The predicted octanol–water partition coefficient (Wildman–Crippen LogP) is 2.58. The lowest BCUT2D eigenvalue weighted by Gasteiger charge is -2.48. The first kappa shape index (κ1) is 14.1. The van der Waals surface area contributed by atoms with Crippen LogP contribution in [0.15, 0.2) is 24.3 Å². The van der Waals surface area contributed by atoms with Gasteiger partial charge in [-0.05, 0) is 37.4 Å². The molecule has 0 radical (unpaired) electrons. The molecule has 0 spiro atoms. The van der Waals surface area contributed by atoms with Gasteiger partial charge in [0.1, 0.15) is 0 Å². The van der Waals surface area contributed by atoms with Crippen LogP contribution in [0.2, 0.25) is 0 Å². The Hall–Kier alpha value is -0.900. The van der Waals surface area contributed by atoms with Crippen molar-refractivity contribution >= 4 is 0 Å². The maximum Gasteiger partial charge on any atom is 0.0890 e. The monoisotopic (exact) mass is 275 g/mol. The zero-order chi connectivity index (χ0) is 14.2. The molecule has 20 heavy (non-hydrogen) atoms. The third kappa shape index (κ3) is 2.39. The van der Waals surface area contributed by atoms with Crippen molar-refractivity contribution < 1.29 is 9.84 Å². The summed E-state index contributed by atoms with van der Waals surface area (Å²) < 4.78 is 5.90. The fourth-order valence-corrected chi connectivity index (χ4v) is 3.72. The van der Waals surface area contributed by atoms with E-state index < -0.39 is 5.60 Å². The third-order valence-corrected chi connectivity index (χ3v) is 5.06. The number of fused-ring (bicyclic) bond motifs is 1. The third-order valence-electron chi connectivity index (χ3n) is 5.06. The minimum absolute atomic E-state index is 0.0298. The Bertz CT molecular complexity index is 490. The summed E-state index contributed by atoms with van der Waals surface area (Å²) in [6.45, 7) is 5.83. The molecule has 2 N–H and O–H groups in total. The van der Waals surface area contributed by atoms with Crippen molar-refractivity contribution in [2.75, 3.05) is 13.2 Å². The first-order chi connectivity index (χ1) is 9.56. The normalized spacial score (nSPS) is 37.5. The van der Waals surface area contributed by atoms with Gasteiger partial charge in [-0.1, -0.05) is 31.2 Å². The Morgan fingerprint density at radius 3 is 3.00 bits per heavy atom. The van der Waals surface area contributed by atoms with Crippen LogP contribution < -0.4 is 5.32 Å². The smallest absolute Gasteiger partial charge is 0.0890 e. The van der Waals surface area contributed by atoms with Crippen LogP contribution in [0, 0.1) is 0 Å². The molecule has 3 rings (SSSR count). The molecule has 0 amide bonds. The average Bonchev–Trinajstić information content (AvgIpc) is 2.46. The SMILES string of the molecule is CCC1(C)CC(O)(C2NCCc3ccccc32)CCO1. The average molecular weight is 275 g/mol. The minimum Gasteiger partial charge on any atom is -0.388 e. The quantitative estimate of drug-likeness (QED) is 0.871. The van der Waals surface area contributed by atoms with E-state index >= 15 is 0 Å². The molecule has 3 heteroatoms. The Morgan fingerprint density at radius 2 is 2.20 bits per heavy atom. The molecular weight excluding hydrogens is 250 g/mol. The van der Waals surface area contributed by atoms with E-state index in [0.29, 0.717) is 19.4 Å². The van der Waals surface area contributed by atoms with Gasteiger partial charge in [0, 0.05) is 12.8 Å². The van der Waals surface area contributed by atoms with E-state index in [4.69, 9.17) is 4.74 Å². The summed E-state index contributed by atoms with van der Waals surface area (Å²) in [6.07, 6.45) is 3.38. The summed E-state index contributed by atoms with van der Waals surface area (Å²) in [5.74, 6) is 0. The maximum atomic E-state index is 11.3. The molecule has 0 bridgehead atoms. The highest BCUT2D eigenvalue weighted by Crippen LogP contribution is 2.43. The molecule has 1 fully saturated rings. The lowest BCUT2D eigenvalue weighted by atomic mass is 9.73. The standard InChI is InChI=1S/C17H25NO2/c1-3-16(2)12-17(19,9-11-20-16)15-14-7-5-4-6-13(14)8-10-18-15/h4-7,15,18-19H,3,8-12H2,1-2H3. The van der Waals surface area contributed by atoms with Crippen molar-refractivity contribution in [1.29, 1.82) is 0 Å². The number of hydrogen-bond donors (Lipinski definition) is 2. The van der Waals surface area contributed by atoms with E-state index in [2.05, 4.69) is 43.4 Å². The summed E-state index contributed by atoms with van der Waals surface area (Å²) in [5.41, 5.74) is 1.72. The highest BCUT2D eigenvalue weighted by atomic mass is 16.5. The molecule has 110 valence electrons. The van der Waals surface area contributed by atoms with Gasteiger partial charge in [0.25, 0.3) is 0 Å². The topological polar surface area (TPSA) is 41.5 Å². The van der Waals surface area contributed by atoms with Gasteiger partial charge in [-0.25, -0.2) is 0 Å². The van der Waals surface area contributed by atoms with Crippen LogP contribution in [-0.4, -0.2) is 29.5 Å². The molecule has 0 aromatic heterocycles. The van der Waals surface area contributed by atoms with E-state index in [1.165, 1.54) is 11.1 Å². The Kier molecular flexibility index (Phi) is 3.61. The van der Waals surface area contributed by atoms with Gasteiger partial charge >= 0.3 is 0 Å². The largest absolute Gasteiger partial charge is 0.388 e. The first-order valence-corrected chi connectivity index (χ1v) is 7.74. The van der Waals surface area contributed by atoms with Crippen molar-refractivity contribution in [2.24, 2.45) is 0 Å². The van der Waals surface area contributed by atoms with Gasteiger partial charge in [0.15, 0.2) is 0 Å². The molecular formula is C17H25NO2. The zero-order valence-corrected chi connectivity index (χ0v) is 12.5. The van der Waals surface area contributed by atoms with Crippen LogP contribution in [0.25, 0.3) is 0 Å². The lowest BCUT2D eigenvalue weighted by molar-refractivity contribution is -0.166. The maximum absolute atomic E-state index is 11.3. The summed E-state index contributed by atoms with van der Waals surface area (Å²) >= 11 is 0. The Balaban J connectivity index is 1.92. The molecule has 3 nitrogen and oxygen atoms in total. The van der Waals surface area contributed by atoms with Crippen LogP contribution in [0.3, 0.4) is 0 Å². The number of nitrogens with one attached hydrogen (secondary N) is 1. The Morgan fingerprint density at radius 1 is 1.40 bits per heavy atom. The second-order valence-electron chi connectivity index (χ2n) is 6.52. The van der Waals surface area contributed by atoms with Crippen LogP contribution in [0.1, 0.15) is 50.3 Å². The van der Waals surface area contributed by atoms with Crippen LogP contribution in [0.4, 0.5) is 0 Å². The molecule has 2 aliphatic heterocycles. The number of benzene rings is 1. The van der Waals surface area contributed by atoms with Crippen LogP contribution in [-0.2, 0) is 11.2 Å². The van der Waals surface area contributed by atoms with Crippen molar-refractivity contribution in [1.82, 2.24) is 5.32 Å². The van der Waals surface area contributed by atoms with Crippen molar-refractivity contribution in [3.05, 3.63) is 35.4 Å². The van der Waals surface area contributed by atoms with E-state index in [-0.39, 0.29) is 11.6 Å². The Labute approximate surface area is 121 Å². The summed E-state index contributed by atoms with van der Waals surface area (Å²) in [7, 11) is 0. The highest BCUT2D eigenvalue weighted by molar-refractivity contribution is 5.34. The van der Waals surface area contributed by atoms with E-state index in [9.17, 15) is 5.11 Å². The molecule has 3 atom stereocenters. The second kappa shape index (κ2) is 5.14. The molecule has 2 aliphatic rings. The highest BCUT2D eigenvalue weighted by Gasteiger charge is 2.47. The van der Waals surface area contributed by atoms with E-state index in [1.807, 2.05) is 0 Å². The van der Waals surface area contributed by atoms with E-state index in [1.54, 1.807) is 0 Å². The number of aliphatic hydroxyl groups is 1. The molecule has 0 aliphatic carbocycles. The molecule has 3 unspecified atom stereocenters. The number of ether oxygens (including phenoxy) is 1.